The molecule has 0 aliphatic heterocycles. The van der Waals surface area contributed by atoms with E-state index in [1.807, 2.05) is 0 Å². The number of rotatable bonds is 0. The van der Waals surface area contributed by atoms with Crippen LogP contribution in [0.5, 0.6) is 5.75 Å². The molecule has 0 aromatic heterocycles. The van der Waals surface area contributed by atoms with Crippen LogP contribution in [-0.4, -0.2) is 5.11 Å². The Morgan fingerprint density at radius 3 is 2.91 bits per heavy atom. The van der Waals surface area contributed by atoms with E-state index in [1.165, 1.54) is 6.07 Å². The SMILES string of the molecule is [2H]c1c([2H])c([2H])c2c(O)cccc2c1[2H]. The third-order valence-corrected chi connectivity index (χ3v) is 1.49. The van der Waals surface area contributed by atoms with E-state index in [0.717, 1.165) is 0 Å². The number of fused-ring (bicyclic) bond motifs is 1. The molecule has 0 atom stereocenters. The van der Waals surface area contributed by atoms with Gasteiger partial charge in [0.25, 0.3) is 0 Å². The highest BCUT2D eigenvalue weighted by Crippen LogP contribution is 2.22. The lowest BCUT2D eigenvalue weighted by Gasteiger charge is -1.97. The Morgan fingerprint density at radius 1 is 1.18 bits per heavy atom. The molecule has 0 unspecified atom stereocenters. The maximum Gasteiger partial charge on any atom is 0.123 e. The molecule has 0 bridgehead atoms. The second kappa shape index (κ2) is 2.27. The zero-order valence-electron chi connectivity index (χ0n) is 9.68. The zero-order chi connectivity index (χ0) is 11.2. The summed E-state index contributed by atoms with van der Waals surface area (Å²) in [5.74, 6) is -0.125. The van der Waals surface area contributed by atoms with E-state index < -0.39 is 0 Å². The Morgan fingerprint density at radius 2 is 2.00 bits per heavy atom. The van der Waals surface area contributed by atoms with Crippen LogP contribution in [0, 0.1) is 0 Å². The highest BCUT2D eigenvalue weighted by Gasteiger charge is 1.94. The van der Waals surface area contributed by atoms with Gasteiger partial charge in [-0.2, -0.15) is 0 Å². The van der Waals surface area contributed by atoms with Gasteiger partial charge >= 0.3 is 0 Å². The molecule has 0 aliphatic rings. The molecular formula is C10H8O. The van der Waals surface area contributed by atoms with E-state index in [4.69, 9.17) is 5.48 Å². The fourth-order valence-electron chi connectivity index (χ4n) is 0.968. The van der Waals surface area contributed by atoms with Gasteiger partial charge in [0.15, 0.2) is 0 Å². The summed E-state index contributed by atoms with van der Waals surface area (Å²) < 4.78 is 30.2. The van der Waals surface area contributed by atoms with Gasteiger partial charge in [-0.05, 0) is 11.5 Å². The quantitative estimate of drug-likeness (QED) is 0.608. The van der Waals surface area contributed by atoms with Crippen LogP contribution >= 0.6 is 0 Å². The maximum absolute atomic E-state index is 9.54. The number of hydrogen-bond donors (Lipinski definition) is 1. The van der Waals surface area contributed by atoms with Gasteiger partial charge in [-0.3, -0.25) is 0 Å². The molecule has 1 N–H and O–H groups in total. The summed E-state index contributed by atoms with van der Waals surface area (Å²) in [4.78, 5) is 0. The molecule has 0 aliphatic carbocycles. The first kappa shape index (κ1) is 3.26. The van der Waals surface area contributed by atoms with E-state index >= 15 is 0 Å². The van der Waals surface area contributed by atoms with Crippen LogP contribution in [0.2, 0.25) is 0 Å². The molecular weight excluding hydrogens is 136 g/mol. The predicted molar refractivity (Wildman–Crippen MR) is 45.6 cm³/mol. The van der Waals surface area contributed by atoms with Crippen LogP contribution < -0.4 is 0 Å². The smallest absolute Gasteiger partial charge is 0.123 e. The Hall–Kier alpha value is -1.50. The molecule has 0 saturated carbocycles. The predicted octanol–water partition coefficient (Wildman–Crippen LogP) is 2.55. The lowest BCUT2D eigenvalue weighted by Crippen LogP contribution is -1.70. The normalized spacial score (nSPS) is 15.3. The first-order valence-corrected chi connectivity index (χ1v) is 3.22. The number of benzene rings is 2. The van der Waals surface area contributed by atoms with E-state index in [-0.39, 0.29) is 35.3 Å². The van der Waals surface area contributed by atoms with Crippen molar-refractivity contribution in [2.24, 2.45) is 0 Å². The number of aromatic hydroxyl groups is 1. The fraction of sp³-hybridized carbons (Fsp3) is 0. The van der Waals surface area contributed by atoms with E-state index in [2.05, 4.69) is 0 Å². The van der Waals surface area contributed by atoms with Crippen LogP contribution in [0.1, 0.15) is 5.48 Å². The third-order valence-electron chi connectivity index (χ3n) is 1.49. The summed E-state index contributed by atoms with van der Waals surface area (Å²) >= 11 is 0. The molecule has 0 fully saturated rings. The summed E-state index contributed by atoms with van der Waals surface area (Å²) in [7, 11) is 0. The molecule has 1 heteroatoms. The Kier molecular flexibility index (Phi) is 0.675. The van der Waals surface area contributed by atoms with Crippen molar-refractivity contribution in [1.82, 2.24) is 0 Å². The number of hydrogen-bond acceptors (Lipinski definition) is 1. The van der Waals surface area contributed by atoms with Crippen molar-refractivity contribution >= 4 is 10.8 Å². The highest BCUT2D eigenvalue weighted by atomic mass is 16.3. The van der Waals surface area contributed by atoms with Crippen molar-refractivity contribution in [3.8, 4) is 5.75 Å². The first-order chi connectivity index (χ1) is 7.04. The Balaban J connectivity index is 3.08. The molecule has 2 aromatic carbocycles. The van der Waals surface area contributed by atoms with Gasteiger partial charge in [0.2, 0.25) is 0 Å². The van der Waals surface area contributed by atoms with Crippen LogP contribution in [0.4, 0.5) is 0 Å². The van der Waals surface area contributed by atoms with Crippen molar-refractivity contribution in [1.29, 1.82) is 0 Å². The Bertz CT molecular complexity index is 551. The van der Waals surface area contributed by atoms with Crippen molar-refractivity contribution in [3.05, 3.63) is 42.4 Å². The molecule has 54 valence electrons. The van der Waals surface area contributed by atoms with Gasteiger partial charge < -0.3 is 5.11 Å². The van der Waals surface area contributed by atoms with E-state index in [0.29, 0.717) is 5.39 Å². The minimum Gasteiger partial charge on any atom is -0.507 e. The topological polar surface area (TPSA) is 20.2 Å². The average Bonchev–Trinajstić information content (AvgIpc) is 2.23. The second-order valence-corrected chi connectivity index (χ2v) is 2.20. The highest BCUT2D eigenvalue weighted by molar-refractivity contribution is 5.87. The van der Waals surface area contributed by atoms with Crippen molar-refractivity contribution in [3.63, 3.8) is 0 Å². The Labute approximate surface area is 70.5 Å². The summed E-state index contributed by atoms with van der Waals surface area (Å²) in [6, 6.07) is 3.59. The van der Waals surface area contributed by atoms with Gasteiger partial charge in [0.1, 0.15) is 5.75 Å². The van der Waals surface area contributed by atoms with Crippen molar-refractivity contribution in [2.75, 3.05) is 0 Å². The standard InChI is InChI=1S/C10H8O/c11-10-7-3-5-8-4-1-2-6-9(8)10/h1-7,11H/i1D,2D,4D,6D. The van der Waals surface area contributed by atoms with Gasteiger partial charge in [-0.25, -0.2) is 0 Å². The van der Waals surface area contributed by atoms with E-state index in [9.17, 15) is 5.11 Å². The molecule has 0 amide bonds. The summed E-state index contributed by atoms with van der Waals surface area (Å²) in [5.41, 5.74) is 0. The molecule has 1 nitrogen and oxygen atoms in total. The summed E-state index contributed by atoms with van der Waals surface area (Å²) in [5, 5.41) is 10.0. The van der Waals surface area contributed by atoms with Gasteiger partial charge in [-0.15, -0.1) is 0 Å². The lowest BCUT2D eigenvalue weighted by atomic mass is 10.1. The fourth-order valence-corrected chi connectivity index (χ4v) is 0.968. The molecule has 11 heavy (non-hydrogen) atoms. The minimum absolute atomic E-state index is 0.123. The van der Waals surface area contributed by atoms with Crippen molar-refractivity contribution in [2.45, 2.75) is 0 Å². The summed E-state index contributed by atoms with van der Waals surface area (Å²) in [6.45, 7) is 0. The maximum atomic E-state index is 9.54. The molecule has 0 spiro atoms. The van der Waals surface area contributed by atoms with Crippen LogP contribution in [0.15, 0.2) is 42.4 Å². The van der Waals surface area contributed by atoms with Crippen molar-refractivity contribution < 1.29 is 10.6 Å². The van der Waals surface area contributed by atoms with E-state index in [1.54, 1.807) is 12.1 Å². The molecule has 0 saturated heterocycles. The van der Waals surface area contributed by atoms with Crippen LogP contribution in [0.25, 0.3) is 10.8 Å². The largest absolute Gasteiger partial charge is 0.507 e. The molecule has 0 radical (unpaired) electrons. The minimum atomic E-state index is -0.325. The van der Waals surface area contributed by atoms with Gasteiger partial charge in [0, 0.05) is 5.39 Å². The third kappa shape index (κ3) is 0.944. The van der Waals surface area contributed by atoms with Gasteiger partial charge in [0.05, 0.1) is 5.48 Å². The molecule has 2 aromatic rings. The number of phenolic OH excluding ortho intramolecular Hbond substituents is 1. The van der Waals surface area contributed by atoms with Crippen LogP contribution in [-0.2, 0) is 0 Å². The number of phenols is 1. The average molecular weight is 148 g/mol. The molecule has 0 heterocycles. The summed E-state index contributed by atoms with van der Waals surface area (Å²) in [6.07, 6.45) is 0. The van der Waals surface area contributed by atoms with Gasteiger partial charge in [-0.1, -0.05) is 36.3 Å². The van der Waals surface area contributed by atoms with Crippen LogP contribution in [0.3, 0.4) is 0 Å². The zero-order valence-corrected chi connectivity index (χ0v) is 5.68. The second-order valence-electron chi connectivity index (χ2n) is 2.20. The lowest BCUT2D eigenvalue weighted by molar-refractivity contribution is 0.481. The molecule has 2 rings (SSSR count). The first-order valence-electron chi connectivity index (χ1n) is 5.22. The monoisotopic (exact) mass is 148 g/mol.